The van der Waals surface area contributed by atoms with Gasteiger partial charge in [-0.25, -0.2) is 0 Å². The van der Waals surface area contributed by atoms with Gasteiger partial charge >= 0.3 is 0 Å². The molecule has 4 rings (SSSR count). The Labute approximate surface area is 205 Å². The lowest BCUT2D eigenvalue weighted by molar-refractivity contribution is -0.142. The Hall–Kier alpha value is -3.46. The molecule has 1 aliphatic rings. The molecule has 0 saturated carbocycles. The van der Waals surface area contributed by atoms with Crippen molar-refractivity contribution in [1.82, 2.24) is 25.2 Å². The molecule has 1 aromatic carbocycles. The summed E-state index contributed by atoms with van der Waals surface area (Å²) in [4.78, 5) is 28.3. The van der Waals surface area contributed by atoms with Gasteiger partial charge in [-0.3, -0.25) is 14.3 Å². The highest BCUT2D eigenvalue weighted by Crippen LogP contribution is 2.28. The second kappa shape index (κ2) is 10.0. The predicted molar refractivity (Wildman–Crippen MR) is 130 cm³/mol. The number of amides is 2. The summed E-state index contributed by atoms with van der Waals surface area (Å²) in [7, 11) is 0. The number of rotatable bonds is 7. The van der Waals surface area contributed by atoms with Crippen molar-refractivity contribution < 1.29 is 19.2 Å². The zero-order valence-electron chi connectivity index (χ0n) is 20.8. The van der Waals surface area contributed by atoms with Gasteiger partial charge in [0.1, 0.15) is 18.3 Å². The second-order valence-electron chi connectivity index (χ2n) is 9.75. The SMILES string of the molecule is Cc1cnn(C(C(=O)N2CC(O)CC2C(=O)NC(C)c2ccc(-c3conc3C)cc2)C(C)C)c1. The zero-order valence-corrected chi connectivity index (χ0v) is 20.8. The van der Waals surface area contributed by atoms with Crippen molar-refractivity contribution >= 4 is 11.8 Å². The first-order chi connectivity index (χ1) is 16.7. The summed E-state index contributed by atoms with van der Waals surface area (Å²) in [6.45, 7) is 9.74. The van der Waals surface area contributed by atoms with Gasteiger partial charge in [0.25, 0.3) is 0 Å². The first kappa shape index (κ1) is 24.7. The number of aryl methyl sites for hydroxylation is 2. The van der Waals surface area contributed by atoms with Crippen molar-refractivity contribution in [3.8, 4) is 11.1 Å². The van der Waals surface area contributed by atoms with Gasteiger partial charge in [-0.2, -0.15) is 5.10 Å². The van der Waals surface area contributed by atoms with E-state index in [0.717, 1.165) is 27.9 Å². The van der Waals surface area contributed by atoms with Gasteiger partial charge in [0, 0.05) is 24.7 Å². The van der Waals surface area contributed by atoms with Crippen molar-refractivity contribution in [3.05, 3.63) is 59.7 Å². The molecule has 0 spiro atoms. The lowest BCUT2D eigenvalue weighted by Gasteiger charge is -2.30. The molecular weight excluding hydrogens is 446 g/mol. The van der Waals surface area contributed by atoms with Crippen molar-refractivity contribution in [2.45, 2.75) is 65.3 Å². The van der Waals surface area contributed by atoms with Crippen LogP contribution in [0.3, 0.4) is 0 Å². The van der Waals surface area contributed by atoms with Crippen LogP contribution >= 0.6 is 0 Å². The maximum atomic E-state index is 13.6. The molecule has 4 atom stereocenters. The fraction of sp³-hybridized carbons (Fsp3) is 0.462. The van der Waals surface area contributed by atoms with E-state index in [1.165, 1.54) is 4.90 Å². The summed E-state index contributed by atoms with van der Waals surface area (Å²) in [5.41, 5.74) is 4.61. The number of aromatic nitrogens is 3. The molecule has 35 heavy (non-hydrogen) atoms. The first-order valence-electron chi connectivity index (χ1n) is 12.0. The molecule has 9 nitrogen and oxygen atoms in total. The summed E-state index contributed by atoms with van der Waals surface area (Å²) >= 11 is 0. The number of nitrogens with one attached hydrogen (secondary N) is 1. The van der Waals surface area contributed by atoms with Gasteiger partial charge in [-0.05, 0) is 43.4 Å². The Bertz CT molecular complexity index is 1180. The van der Waals surface area contributed by atoms with Crippen LogP contribution in [0.5, 0.6) is 0 Å². The van der Waals surface area contributed by atoms with E-state index in [-0.39, 0.29) is 36.7 Å². The monoisotopic (exact) mass is 479 g/mol. The molecule has 1 fully saturated rings. The highest BCUT2D eigenvalue weighted by Gasteiger charge is 2.42. The maximum Gasteiger partial charge on any atom is 0.248 e. The van der Waals surface area contributed by atoms with Crippen LogP contribution < -0.4 is 5.32 Å². The Morgan fingerprint density at radius 1 is 1.17 bits per heavy atom. The highest BCUT2D eigenvalue weighted by atomic mass is 16.5. The Morgan fingerprint density at radius 3 is 2.46 bits per heavy atom. The summed E-state index contributed by atoms with van der Waals surface area (Å²) < 4.78 is 6.68. The van der Waals surface area contributed by atoms with Crippen LogP contribution in [0.15, 0.2) is 47.4 Å². The van der Waals surface area contributed by atoms with Crippen LogP contribution in [-0.2, 0) is 9.59 Å². The fourth-order valence-corrected chi connectivity index (χ4v) is 4.68. The molecule has 2 N–H and O–H groups in total. The average Bonchev–Trinajstić information content (AvgIpc) is 3.53. The first-order valence-corrected chi connectivity index (χ1v) is 12.0. The third-order valence-corrected chi connectivity index (χ3v) is 6.60. The lowest BCUT2D eigenvalue weighted by atomic mass is 10.0. The number of nitrogens with zero attached hydrogens (tertiary/aromatic N) is 4. The Morgan fingerprint density at radius 2 is 1.89 bits per heavy atom. The topological polar surface area (TPSA) is 113 Å². The zero-order chi connectivity index (χ0) is 25.3. The summed E-state index contributed by atoms with van der Waals surface area (Å²) in [5, 5.41) is 21.6. The van der Waals surface area contributed by atoms with E-state index in [9.17, 15) is 14.7 Å². The Balaban J connectivity index is 1.47. The van der Waals surface area contributed by atoms with Gasteiger partial charge in [0.15, 0.2) is 0 Å². The second-order valence-corrected chi connectivity index (χ2v) is 9.75. The number of carbonyl (C=O) groups is 2. The van der Waals surface area contributed by atoms with Crippen LogP contribution in [0.1, 0.15) is 56.1 Å². The Kier molecular flexibility index (Phi) is 7.07. The number of aliphatic hydroxyl groups excluding tert-OH is 1. The molecule has 4 unspecified atom stereocenters. The number of β-amino-alcohol motifs (C(OH)–C–C–N with tert-alkyl or cyclic N) is 1. The predicted octanol–water partition coefficient (Wildman–Crippen LogP) is 3.19. The average molecular weight is 480 g/mol. The molecular formula is C26H33N5O4. The van der Waals surface area contributed by atoms with E-state index in [4.69, 9.17) is 4.52 Å². The van der Waals surface area contributed by atoms with Gasteiger partial charge in [-0.15, -0.1) is 0 Å². The standard InChI is InChI=1S/C26H33N5O4/c1-15(2)24(31-12-16(3)11-27-31)26(34)30-13-21(32)10-23(30)25(33)28-17(4)19-6-8-20(9-7-19)22-14-35-29-18(22)5/h6-9,11-12,14-15,17,21,23-24,32H,10,13H2,1-5H3,(H,28,33). The van der Waals surface area contributed by atoms with Crippen LogP contribution in [0.25, 0.3) is 11.1 Å². The molecule has 2 amide bonds. The summed E-state index contributed by atoms with van der Waals surface area (Å²) in [5.74, 6) is -0.517. The largest absolute Gasteiger partial charge is 0.391 e. The van der Waals surface area contributed by atoms with Crippen LogP contribution in [0, 0.1) is 19.8 Å². The molecule has 0 bridgehead atoms. The molecule has 3 aromatic rings. The van der Waals surface area contributed by atoms with Crippen LogP contribution in [0.2, 0.25) is 0 Å². The van der Waals surface area contributed by atoms with E-state index in [0.29, 0.717) is 0 Å². The molecule has 186 valence electrons. The third kappa shape index (κ3) is 5.14. The summed E-state index contributed by atoms with van der Waals surface area (Å²) in [6, 6.07) is 6.27. The molecule has 9 heteroatoms. The number of carbonyl (C=O) groups excluding carboxylic acids is 2. The maximum absolute atomic E-state index is 13.6. The highest BCUT2D eigenvalue weighted by molar-refractivity contribution is 5.90. The number of likely N-dealkylation sites (tertiary alicyclic amines) is 1. The van der Waals surface area contributed by atoms with Crippen molar-refractivity contribution in [3.63, 3.8) is 0 Å². The molecule has 3 heterocycles. The van der Waals surface area contributed by atoms with E-state index < -0.39 is 18.2 Å². The number of hydrogen-bond acceptors (Lipinski definition) is 6. The fourth-order valence-electron chi connectivity index (χ4n) is 4.68. The number of benzene rings is 1. The third-order valence-electron chi connectivity index (χ3n) is 6.60. The number of aliphatic hydroxyl groups is 1. The van der Waals surface area contributed by atoms with Crippen molar-refractivity contribution in [1.29, 1.82) is 0 Å². The van der Waals surface area contributed by atoms with E-state index in [1.807, 2.05) is 65.1 Å². The lowest BCUT2D eigenvalue weighted by Crippen LogP contribution is -2.49. The van der Waals surface area contributed by atoms with Crippen LogP contribution in [-0.4, -0.2) is 55.4 Å². The number of hydrogen-bond donors (Lipinski definition) is 2. The minimum Gasteiger partial charge on any atom is -0.391 e. The van der Waals surface area contributed by atoms with Crippen molar-refractivity contribution in [2.75, 3.05) is 6.54 Å². The molecule has 1 aliphatic heterocycles. The summed E-state index contributed by atoms with van der Waals surface area (Å²) in [6.07, 6.45) is 4.61. The normalized spacial score (nSPS) is 19.7. The van der Waals surface area contributed by atoms with E-state index in [1.54, 1.807) is 17.1 Å². The smallest absolute Gasteiger partial charge is 0.248 e. The minimum absolute atomic E-state index is 0.0326. The molecule has 0 radical (unpaired) electrons. The molecule has 1 saturated heterocycles. The molecule has 2 aromatic heterocycles. The quantitative estimate of drug-likeness (QED) is 0.538. The van der Waals surface area contributed by atoms with Gasteiger partial charge in [0.05, 0.1) is 24.0 Å². The van der Waals surface area contributed by atoms with E-state index >= 15 is 0 Å². The van der Waals surface area contributed by atoms with Crippen LogP contribution in [0.4, 0.5) is 0 Å². The van der Waals surface area contributed by atoms with Gasteiger partial charge < -0.3 is 19.8 Å². The van der Waals surface area contributed by atoms with E-state index in [2.05, 4.69) is 15.6 Å². The van der Waals surface area contributed by atoms with Gasteiger partial charge in [-0.1, -0.05) is 43.3 Å². The van der Waals surface area contributed by atoms with Gasteiger partial charge in [0.2, 0.25) is 11.8 Å². The molecule has 0 aliphatic carbocycles. The van der Waals surface area contributed by atoms with Crippen molar-refractivity contribution in [2.24, 2.45) is 5.92 Å². The minimum atomic E-state index is -0.747.